The molecule has 33 heavy (non-hydrogen) atoms. The second-order valence-corrected chi connectivity index (χ2v) is 8.88. The van der Waals surface area contributed by atoms with E-state index in [0.29, 0.717) is 36.1 Å². The van der Waals surface area contributed by atoms with Crippen LogP contribution in [0.1, 0.15) is 52.2 Å². The number of carbonyl (C=O) groups excluding carboxylic acids is 1. The molecule has 0 bridgehead atoms. The Morgan fingerprint density at radius 1 is 1.30 bits per heavy atom. The number of benzene rings is 1. The van der Waals surface area contributed by atoms with Gasteiger partial charge in [-0.05, 0) is 37.5 Å². The predicted molar refractivity (Wildman–Crippen MR) is 122 cm³/mol. The van der Waals surface area contributed by atoms with Gasteiger partial charge in [0.1, 0.15) is 11.5 Å². The molecular weight excluding hydrogens is 442 g/mol. The van der Waals surface area contributed by atoms with Crippen molar-refractivity contribution in [3.05, 3.63) is 76.4 Å². The maximum absolute atomic E-state index is 13.1. The third-order valence-corrected chi connectivity index (χ3v) is 6.14. The Morgan fingerprint density at radius 2 is 2.18 bits per heavy atom. The molecule has 170 valence electrons. The van der Waals surface area contributed by atoms with Crippen molar-refractivity contribution in [2.75, 3.05) is 13.1 Å². The molecule has 1 aliphatic rings. The van der Waals surface area contributed by atoms with Crippen LogP contribution in [0.3, 0.4) is 0 Å². The molecule has 1 fully saturated rings. The fraction of sp³-hybridized carbons (Fsp3) is 0.333. The molecule has 9 heteroatoms. The second-order valence-electron chi connectivity index (χ2n) is 8.44. The highest BCUT2D eigenvalue weighted by Gasteiger charge is 2.30. The Labute approximate surface area is 196 Å². The lowest BCUT2D eigenvalue weighted by atomic mass is 9.98. The second kappa shape index (κ2) is 8.86. The molecular formula is C24H24ClN5O3. The highest BCUT2D eigenvalue weighted by molar-refractivity contribution is 6.30. The summed E-state index contributed by atoms with van der Waals surface area (Å²) >= 11 is 6.08. The van der Waals surface area contributed by atoms with E-state index in [1.165, 1.54) is 0 Å². The van der Waals surface area contributed by atoms with Gasteiger partial charge in [0.2, 0.25) is 5.76 Å². The van der Waals surface area contributed by atoms with Gasteiger partial charge in [-0.25, -0.2) is 4.98 Å². The molecule has 1 amide bonds. The van der Waals surface area contributed by atoms with E-state index in [1.54, 1.807) is 21.8 Å². The molecule has 1 aromatic carbocycles. The minimum atomic E-state index is -0.175. The number of hydrogen-bond donors (Lipinski definition) is 0. The third kappa shape index (κ3) is 4.57. The summed E-state index contributed by atoms with van der Waals surface area (Å²) in [5.74, 6) is 1.53. The number of amides is 1. The summed E-state index contributed by atoms with van der Waals surface area (Å²) < 4.78 is 13.1. The van der Waals surface area contributed by atoms with Crippen LogP contribution >= 0.6 is 11.6 Å². The van der Waals surface area contributed by atoms with E-state index >= 15 is 0 Å². The highest BCUT2D eigenvalue weighted by Crippen LogP contribution is 2.29. The van der Waals surface area contributed by atoms with Gasteiger partial charge in [0.25, 0.3) is 5.91 Å². The van der Waals surface area contributed by atoms with E-state index in [-0.39, 0.29) is 17.6 Å². The quantitative estimate of drug-likeness (QED) is 0.426. The van der Waals surface area contributed by atoms with Crippen molar-refractivity contribution >= 4 is 17.5 Å². The van der Waals surface area contributed by atoms with E-state index in [1.807, 2.05) is 44.4 Å². The summed E-state index contributed by atoms with van der Waals surface area (Å²) in [5, 5.41) is 9.11. The van der Waals surface area contributed by atoms with E-state index in [0.717, 1.165) is 35.4 Å². The fourth-order valence-corrected chi connectivity index (χ4v) is 4.53. The Morgan fingerprint density at radius 3 is 2.97 bits per heavy atom. The van der Waals surface area contributed by atoms with Crippen molar-refractivity contribution in [2.45, 2.75) is 32.1 Å². The molecule has 0 spiro atoms. The van der Waals surface area contributed by atoms with Crippen molar-refractivity contribution in [3.63, 3.8) is 0 Å². The molecule has 8 nitrogen and oxygen atoms in total. The molecule has 5 rings (SSSR count). The van der Waals surface area contributed by atoms with Crippen LogP contribution in [0.5, 0.6) is 0 Å². The van der Waals surface area contributed by atoms with Crippen LogP contribution in [0.2, 0.25) is 5.02 Å². The number of rotatable bonds is 5. The molecule has 3 aromatic heterocycles. The number of nitrogens with zero attached hydrogens (tertiary/aromatic N) is 5. The molecule has 1 aliphatic heterocycles. The molecule has 1 saturated heterocycles. The van der Waals surface area contributed by atoms with Crippen LogP contribution < -0.4 is 0 Å². The third-order valence-electron chi connectivity index (χ3n) is 5.91. The number of likely N-dealkylation sites (tertiary alicyclic amines) is 1. The first-order valence-corrected chi connectivity index (χ1v) is 11.3. The van der Waals surface area contributed by atoms with E-state index in [4.69, 9.17) is 20.5 Å². The van der Waals surface area contributed by atoms with Crippen LogP contribution in [0, 0.1) is 6.92 Å². The smallest absolute Gasteiger partial charge is 0.292 e. The topological polar surface area (TPSA) is 90.2 Å². The number of halogens is 1. The SMILES string of the molecule is Cc1nn(C)cc1-c1cc(C(=O)N2CCCC(c3ncc(Cc4cccc(Cl)c4)o3)C2)on1. The van der Waals surface area contributed by atoms with Gasteiger partial charge >= 0.3 is 0 Å². The number of oxazole rings is 1. The van der Waals surface area contributed by atoms with Crippen LogP contribution in [-0.4, -0.2) is 43.8 Å². The normalized spacial score (nSPS) is 16.3. The lowest BCUT2D eigenvalue weighted by molar-refractivity contribution is 0.0656. The summed E-state index contributed by atoms with van der Waals surface area (Å²) in [6, 6.07) is 9.38. The van der Waals surface area contributed by atoms with Gasteiger partial charge in [-0.15, -0.1) is 0 Å². The Balaban J connectivity index is 1.27. The van der Waals surface area contributed by atoms with Crippen LogP contribution in [0.4, 0.5) is 0 Å². The fourth-order valence-electron chi connectivity index (χ4n) is 4.31. The summed E-state index contributed by atoms with van der Waals surface area (Å²) in [6.45, 7) is 3.09. The number of aromatic nitrogens is 4. The van der Waals surface area contributed by atoms with E-state index < -0.39 is 0 Å². The summed E-state index contributed by atoms with van der Waals surface area (Å²) in [5.41, 5.74) is 3.36. The average molecular weight is 466 g/mol. The highest BCUT2D eigenvalue weighted by atomic mass is 35.5. The lowest BCUT2D eigenvalue weighted by Gasteiger charge is -2.30. The van der Waals surface area contributed by atoms with E-state index in [9.17, 15) is 4.79 Å². The first-order chi connectivity index (χ1) is 16.0. The molecule has 0 N–H and O–H groups in total. The summed E-state index contributed by atoms with van der Waals surface area (Å²) in [7, 11) is 1.85. The van der Waals surface area contributed by atoms with Crippen molar-refractivity contribution in [1.82, 2.24) is 24.8 Å². The first kappa shape index (κ1) is 21.5. The molecule has 0 aliphatic carbocycles. The average Bonchev–Trinajstić information content (AvgIpc) is 3.53. The van der Waals surface area contributed by atoms with Gasteiger partial charge in [-0.3, -0.25) is 9.48 Å². The van der Waals surface area contributed by atoms with Crippen LogP contribution in [-0.2, 0) is 13.5 Å². The van der Waals surface area contributed by atoms with Crippen LogP contribution in [0.15, 0.2) is 51.7 Å². The van der Waals surface area contributed by atoms with Gasteiger partial charge in [0, 0.05) is 49.4 Å². The summed E-state index contributed by atoms with van der Waals surface area (Å²) in [4.78, 5) is 19.4. The molecule has 0 radical (unpaired) electrons. The minimum Gasteiger partial charge on any atom is -0.445 e. The van der Waals surface area contributed by atoms with Crippen molar-refractivity contribution in [2.24, 2.45) is 7.05 Å². The van der Waals surface area contributed by atoms with Crippen molar-refractivity contribution in [3.8, 4) is 11.3 Å². The molecule has 4 aromatic rings. The van der Waals surface area contributed by atoms with Gasteiger partial charge < -0.3 is 13.8 Å². The molecule has 0 saturated carbocycles. The lowest BCUT2D eigenvalue weighted by Crippen LogP contribution is -2.39. The standard InChI is InChI=1S/C24H24ClN5O3/c1-15-20(14-29(2)27-15)21-11-22(33-28-21)24(31)30-8-4-6-17(13-30)23-26-12-19(32-23)10-16-5-3-7-18(25)9-16/h3,5,7,9,11-12,14,17H,4,6,8,10,13H2,1-2H3. The monoisotopic (exact) mass is 465 g/mol. The molecule has 1 unspecified atom stereocenters. The largest absolute Gasteiger partial charge is 0.445 e. The van der Waals surface area contributed by atoms with Crippen molar-refractivity contribution in [1.29, 1.82) is 0 Å². The number of piperidine rings is 1. The Bertz CT molecular complexity index is 1290. The minimum absolute atomic E-state index is 0.0405. The zero-order chi connectivity index (χ0) is 22.9. The van der Waals surface area contributed by atoms with Gasteiger partial charge in [0.05, 0.1) is 17.8 Å². The van der Waals surface area contributed by atoms with Gasteiger partial charge in [0.15, 0.2) is 5.89 Å². The maximum atomic E-state index is 13.1. The Hall–Kier alpha value is -3.39. The first-order valence-electron chi connectivity index (χ1n) is 10.9. The number of carbonyl (C=O) groups is 1. The molecule has 1 atom stereocenters. The summed E-state index contributed by atoms with van der Waals surface area (Å²) in [6.07, 6.45) is 6.03. The zero-order valence-corrected chi connectivity index (χ0v) is 19.2. The van der Waals surface area contributed by atoms with Crippen molar-refractivity contribution < 1.29 is 13.7 Å². The zero-order valence-electron chi connectivity index (χ0n) is 18.5. The van der Waals surface area contributed by atoms with E-state index in [2.05, 4.69) is 15.2 Å². The maximum Gasteiger partial charge on any atom is 0.292 e. The van der Waals surface area contributed by atoms with Crippen LogP contribution in [0.25, 0.3) is 11.3 Å². The molecule has 4 heterocycles. The van der Waals surface area contributed by atoms with Gasteiger partial charge in [-0.1, -0.05) is 28.9 Å². The number of hydrogen-bond acceptors (Lipinski definition) is 6. The van der Waals surface area contributed by atoms with Gasteiger partial charge in [-0.2, -0.15) is 5.10 Å². The Kier molecular flexibility index (Phi) is 5.76. The predicted octanol–water partition coefficient (Wildman–Crippen LogP) is 4.64. The number of aryl methyl sites for hydroxylation is 2.